The summed E-state index contributed by atoms with van der Waals surface area (Å²) in [6.45, 7) is 16.8. The lowest BCUT2D eigenvalue weighted by Crippen LogP contribution is -2.66. The number of rotatable bonds is 17. The molecule has 60 heavy (non-hydrogen) atoms. The summed E-state index contributed by atoms with van der Waals surface area (Å²) >= 11 is 0. The van der Waals surface area contributed by atoms with Crippen LogP contribution in [-0.4, -0.2) is 65.2 Å². The van der Waals surface area contributed by atoms with Crippen LogP contribution in [0, 0.1) is 5.41 Å². The normalized spacial score (nSPS) is 18.2. The minimum Gasteiger partial charge on any atom is -0.489 e. The highest BCUT2D eigenvalue weighted by molar-refractivity contribution is 5.69. The van der Waals surface area contributed by atoms with Crippen molar-refractivity contribution in [3.05, 3.63) is 173 Å². The van der Waals surface area contributed by atoms with Crippen LogP contribution >= 0.6 is 0 Å². The average molecular weight is 813 g/mol. The van der Waals surface area contributed by atoms with Crippen molar-refractivity contribution in [3.63, 3.8) is 0 Å². The van der Waals surface area contributed by atoms with Crippen LogP contribution in [0.5, 0.6) is 5.75 Å². The topological polar surface area (TPSA) is 69.7 Å². The molecule has 1 fully saturated rings. The number of carbonyl (C=O) groups is 1. The number of ether oxygens (including phenoxy) is 5. The van der Waals surface area contributed by atoms with E-state index in [2.05, 4.69) is 117 Å². The Hall–Kier alpha value is -4.99. The molecule has 5 atom stereocenters. The fourth-order valence-electron chi connectivity index (χ4n) is 7.60. The Morgan fingerprint density at radius 3 is 1.75 bits per heavy atom. The van der Waals surface area contributed by atoms with Gasteiger partial charge in [0.05, 0.1) is 38.0 Å². The molecule has 1 amide bonds. The average Bonchev–Trinajstić information content (AvgIpc) is 3.22. The number of amides is 1. The van der Waals surface area contributed by atoms with E-state index >= 15 is 0 Å². The fraction of sp³-hybridized carbons (Fsp3) is 0.404. The van der Waals surface area contributed by atoms with E-state index in [4.69, 9.17) is 23.7 Å². The first kappa shape index (κ1) is 44.6. The van der Waals surface area contributed by atoms with E-state index in [1.165, 1.54) is 11.1 Å². The largest absolute Gasteiger partial charge is 0.489 e. The van der Waals surface area contributed by atoms with E-state index in [0.29, 0.717) is 39.3 Å². The molecule has 0 saturated carbocycles. The summed E-state index contributed by atoms with van der Waals surface area (Å²) in [7, 11) is 0. The standard InChI is InChI=1S/C52H64N2O6/c1-39-49(59-38-51(2,3)4)58-37-47(54(39)50(55)60-52(5,6)7)48(57-36-43-27-18-11-19-28-43)46(32-44-29-20-30-45(31-44)56-35-42-25-16-10-17-26-42)53(33-40-21-12-8-13-22-40)34-41-23-14-9-15-24-41/h8-31,39,46-49H,32-38H2,1-7H3/t39-,46+,47+,48-,49-/m0/s1. The van der Waals surface area contributed by atoms with Crippen LogP contribution in [0.25, 0.3) is 0 Å². The third-order valence-corrected chi connectivity index (χ3v) is 10.5. The van der Waals surface area contributed by atoms with Gasteiger partial charge in [-0.1, -0.05) is 154 Å². The quantitative estimate of drug-likeness (QED) is 0.0926. The van der Waals surface area contributed by atoms with Gasteiger partial charge in [-0.25, -0.2) is 4.79 Å². The number of nitrogens with zero attached hydrogens (tertiary/aromatic N) is 2. The van der Waals surface area contributed by atoms with E-state index in [1.807, 2.05) is 87.2 Å². The van der Waals surface area contributed by atoms with Crippen LogP contribution in [0.15, 0.2) is 146 Å². The number of hydrogen-bond donors (Lipinski definition) is 0. The van der Waals surface area contributed by atoms with Crippen molar-refractivity contribution in [2.75, 3.05) is 13.2 Å². The van der Waals surface area contributed by atoms with E-state index in [1.54, 1.807) is 0 Å². The molecular formula is C52H64N2O6. The first-order valence-corrected chi connectivity index (χ1v) is 21.3. The van der Waals surface area contributed by atoms with Gasteiger partial charge in [-0.3, -0.25) is 9.80 Å². The van der Waals surface area contributed by atoms with Gasteiger partial charge in [0.25, 0.3) is 0 Å². The molecule has 0 radical (unpaired) electrons. The van der Waals surface area contributed by atoms with Crippen LogP contribution in [0.3, 0.4) is 0 Å². The van der Waals surface area contributed by atoms with E-state index in [0.717, 1.165) is 22.4 Å². The van der Waals surface area contributed by atoms with Crippen LogP contribution in [-0.2, 0) is 51.7 Å². The fourth-order valence-corrected chi connectivity index (χ4v) is 7.60. The maximum atomic E-state index is 14.6. The Bertz CT molecular complexity index is 1980. The van der Waals surface area contributed by atoms with E-state index in [-0.39, 0.29) is 18.1 Å². The summed E-state index contributed by atoms with van der Waals surface area (Å²) in [6.07, 6.45) is -1.03. The van der Waals surface area contributed by atoms with Gasteiger partial charge >= 0.3 is 6.09 Å². The van der Waals surface area contributed by atoms with Crippen molar-refractivity contribution in [3.8, 4) is 5.75 Å². The zero-order valence-electron chi connectivity index (χ0n) is 36.5. The summed E-state index contributed by atoms with van der Waals surface area (Å²) < 4.78 is 32.9. The minimum absolute atomic E-state index is 0.0994. The minimum atomic E-state index is -0.728. The molecule has 0 spiro atoms. The van der Waals surface area contributed by atoms with Crippen molar-refractivity contribution in [1.29, 1.82) is 0 Å². The van der Waals surface area contributed by atoms with Crippen LogP contribution in [0.4, 0.5) is 4.79 Å². The maximum absolute atomic E-state index is 14.6. The molecular weight excluding hydrogens is 749 g/mol. The summed E-state index contributed by atoms with van der Waals surface area (Å²) in [5.41, 5.74) is 4.75. The Balaban J connectivity index is 1.46. The van der Waals surface area contributed by atoms with Gasteiger partial charge in [0, 0.05) is 19.1 Å². The Morgan fingerprint density at radius 1 is 0.700 bits per heavy atom. The Labute approximate surface area is 358 Å². The van der Waals surface area contributed by atoms with Crippen molar-refractivity contribution in [2.24, 2.45) is 5.41 Å². The molecule has 0 aromatic heterocycles. The zero-order chi connectivity index (χ0) is 42.5. The van der Waals surface area contributed by atoms with Gasteiger partial charge in [0.2, 0.25) is 0 Å². The number of hydrogen-bond acceptors (Lipinski definition) is 7. The molecule has 318 valence electrons. The van der Waals surface area contributed by atoms with Gasteiger partial charge in [0.15, 0.2) is 6.29 Å². The molecule has 8 nitrogen and oxygen atoms in total. The first-order valence-electron chi connectivity index (χ1n) is 21.3. The lowest BCUT2D eigenvalue weighted by atomic mass is 9.91. The second-order valence-corrected chi connectivity index (χ2v) is 18.1. The smallest absolute Gasteiger partial charge is 0.411 e. The number of benzene rings is 5. The molecule has 1 heterocycles. The third kappa shape index (κ3) is 13.5. The van der Waals surface area contributed by atoms with Gasteiger partial charge in [-0.05, 0) is 79.5 Å². The lowest BCUT2D eigenvalue weighted by Gasteiger charge is -2.50. The second kappa shape index (κ2) is 21.0. The molecule has 5 aromatic carbocycles. The molecule has 0 N–H and O–H groups in total. The lowest BCUT2D eigenvalue weighted by molar-refractivity contribution is -0.239. The van der Waals surface area contributed by atoms with Crippen LogP contribution < -0.4 is 4.74 Å². The summed E-state index contributed by atoms with van der Waals surface area (Å²) in [5, 5.41) is 0. The van der Waals surface area contributed by atoms with Crippen molar-refractivity contribution < 1.29 is 28.5 Å². The first-order chi connectivity index (χ1) is 28.8. The van der Waals surface area contributed by atoms with E-state index < -0.39 is 36.2 Å². The monoisotopic (exact) mass is 812 g/mol. The molecule has 5 aromatic rings. The second-order valence-electron chi connectivity index (χ2n) is 18.1. The predicted octanol–water partition coefficient (Wildman–Crippen LogP) is 10.9. The number of morpholine rings is 1. The predicted molar refractivity (Wildman–Crippen MR) is 238 cm³/mol. The van der Waals surface area contributed by atoms with Gasteiger partial charge in [0.1, 0.15) is 18.0 Å². The molecule has 8 heteroatoms. The highest BCUT2D eigenvalue weighted by Crippen LogP contribution is 2.33. The molecule has 6 rings (SSSR count). The van der Waals surface area contributed by atoms with Crippen LogP contribution in [0.1, 0.15) is 76.3 Å². The van der Waals surface area contributed by atoms with E-state index in [9.17, 15) is 4.79 Å². The maximum Gasteiger partial charge on any atom is 0.411 e. The summed E-state index contributed by atoms with van der Waals surface area (Å²) in [5.74, 6) is 0.790. The molecule has 1 saturated heterocycles. The molecule has 1 aliphatic heterocycles. The Morgan fingerprint density at radius 2 is 1.22 bits per heavy atom. The zero-order valence-corrected chi connectivity index (χ0v) is 36.5. The van der Waals surface area contributed by atoms with Gasteiger partial charge in [-0.2, -0.15) is 0 Å². The SMILES string of the molecule is C[C@H]1[C@H](OCC(C)(C)C)OC[C@H]([C@@H](OCc2ccccc2)[C@@H](Cc2cccc(OCc3ccccc3)c2)N(Cc2ccccc2)Cc2ccccc2)N1C(=O)OC(C)(C)C. The van der Waals surface area contributed by atoms with Gasteiger partial charge in [-0.15, -0.1) is 0 Å². The van der Waals surface area contributed by atoms with Crippen molar-refractivity contribution in [1.82, 2.24) is 9.80 Å². The van der Waals surface area contributed by atoms with Crippen LogP contribution in [0.2, 0.25) is 0 Å². The highest BCUT2D eigenvalue weighted by Gasteiger charge is 2.48. The molecule has 0 unspecified atom stereocenters. The third-order valence-electron chi connectivity index (χ3n) is 10.5. The highest BCUT2D eigenvalue weighted by atomic mass is 16.7. The summed E-state index contributed by atoms with van der Waals surface area (Å²) in [6, 6.07) is 48.6. The summed E-state index contributed by atoms with van der Waals surface area (Å²) in [4.78, 5) is 19.0. The van der Waals surface area contributed by atoms with Gasteiger partial charge < -0.3 is 23.7 Å². The van der Waals surface area contributed by atoms with Crippen molar-refractivity contribution in [2.45, 2.75) is 117 Å². The molecule has 0 aliphatic carbocycles. The number of carbonyl (C=O) groups excluding carboxylic acids is 1. The molecule has 1 aliphatic rings. The van der Waals surface area contributed by atoms with Crippen molar-refractivity contribution >= 4 is 6.09 Å². The Kier molecular flexibility index (Phi) is 15.6. The molecule has 0 bridgehead atoms.